The number of amidine groups is 1. The monoisotopic (exact) mass is 785 g/mol. The number of fused-ring (bicyclic) bond motifs is 1. The molecular weight excluding hydrogens is 744 g/mol. The highest BCUT2D eigenvalue weighted by molar-refractivity contribution is 6.13. The normalized spacial score (nSPS) is 24.9. The smallest absolute Gasteiger partial charge is 0.336 e. The Bertz CT molecular complexity index is 2220. The molecule has 4 aliphatic rings. The average molecular weight is 786 g/mol. The molecule has 6 atom stereocenters. The molecule has 0 radical (unpaired) electrons. The number of carboxylic acids is 1. The Morgan fingerprint density at radius 1 is 1.04 bits per heavy atom. The highest BCUT2D eigenvalue weighted by Crippen LogP contribution is 2.51. The Kier molecular flexibility index (Phi) is 11.0. The van der Waals surface area contributed by atoms with E-state index in [-0.39, 0.29) is 53.2 Å². The van der Waals surface area contributed by atoms with Crippen LogP contribution >= 0.6 is 0 Å². The lowest BCUT2D eigenvalue weighted by molar-refractivity contribution is -0.303. The quantitative estimate of drug-likeness (QED) is 0.116. The zero-order valence-corrected chi connectivity index (χ0v) is 30.6. The number of aliphatic hydroxyl groups is 4. The van der Waals surface area contributed by atoms with Crippen LogP contribution in [0.1, 0.15) is 48.1 Å². The fraction of sp³-hybridized carbons (Fsp3) is 0.325. The number of aliphatic carboxylic acids is 1. The molecule has 3 aromatic carbocycles. The number of aliphatic hydroxyl groups excluding tert-OH is 3. The number of allylic oxidation sites excluding steroid dienone is 1. The number of phenols is 2. The van der Waals surface area contributed by atoms with Crippen LogP contribution in [0.3, 0.4) is 0 Å². The first-order valence-corrected chi connectivity index (χ1v) is 18.0. The Labute approximate surface area is 325 Å². The van der Waals surface area contributed by atoms with E-state index in [1.165, 1.54) is 24.5 Å². The SMILES string of the molecule is CCc1cc(O)cc(COc2c(O[C@@H]3O[C@H](C(=O)O)[C@](O)(CC4=NC=NC4)[C@@H](O)[C@H]3O)cc3c(c2O)C(O)=CC(c2ccc(OCCC4=NC(=[NH2+])C=C4)cc2)O3)c1. The van der Waals surface area contributed by atoms with Gasteiger partial charge in [-0.05, 0) is 58.4 Å². The number of nitrogens with zero attached hydrogens (tertiary/aromatic N) is 3. The molecule has 1 fully saturated rings. The number of aromatic hydroxyl groups is 2. The highest BCUT2D eigenvalue weighted by Gasteiger charge is 2.59. The molecule has 7 rings (SSSR count). The van der Waals surface area contributed by atoms with Crippen LogP contribution in [0, 0.1) is 0 Å². The first-order valence-electron chi connectivity index (χ1n) is 18.0. The first kappa shape index (κ1) is 39.0. The van der Waals surface area contributed by atoms with Gasteiger partial charge in [0, 0.05) is 36.8 Å². The van der Waals surface area contributed by atoms with Crippen LogP contribution in [0.4, 0.5) is 0 Å². The summed E-state index contributed by atoms with van der Waals surface area (Å²) in [5.74, 6) is -2.52. The first-order chi connectivity index (χ1) is 27.3. The number of ether oxygens (including phenoxy) is 5. The Balaban J connectivity index is 1.17. The molecular formula is C40H41N4O13+. The molecule has 4 aliphatic heterocycles. The molecule has 0 spiro atoms. The van der Waals surface area contributed by atoms with Gasteiger partial charge < -0.3 is 59.4 Å². The van der Waals surface area contributed by atoms with Crippen LogP contribution in [0.2, 0.25) is 0 Å². The summed E-state index contributed by atoms with van der Waals surface area (Å²) in [5, 5.41) is 82.8. The Morgan fingerprint density at radius 2 is 1.81 bits per heavy atom. The maximum Gasteiger partial charge on any atom is 0.336 e. The molecule has 3 aromatic rings. The van der Waals surface area contributed by atoms with Crippen LogP contribution in [-0.2, 0) is 22.6 Å². The zero-order valence-electron chi connectivity index (χ0n) is 30.6. The summed E-state index contributed by atoms with van der Waals surface area (Å²) in [5.41, 5.74) is 0.259. The van der Waals surface area contributed by atoms with E-state index < -0.39 is 54.4 Å². The number of aliphatic imine (C=N–C) groups is 3. The van der Waals surface area contributed by atoms with Crippen LogP contribution in [0.25, 0.3) is 5.76 Å². The number of phenolic OH excluding ortho intramolecular Hbond substituents is 2. The molecule has 0 amide bonds. The predicted molar refractivity (Wildman–Crippen MR) is 203 cm³/mol. The molecule has 9 N–H and O–H groups in total. The average Bonchev–Trinajstić information content (AvgIpc) is 3.85. The minimum atomic E-state index is -2.54. The van der Waals surface area contributed by atoms with Crippen LogP contribution in [0.15, 0.2) is 81.7 Å². The molecule has 4 heterocycles. The number of rotatable bonds is 14. The molecule has 0 aromatic heterocycles. The number of carboxylic acid groups (broad SMARTS) is 1. The number of benzene rings is 3. The van der Waals surface area contributed by atoms with Crippen molar-refractivity contribution in [1.29, 1.82) is 0 Å². The second-order valence-corrected chi connectivity index (χ2v) is 13.8. The summed E-state index contributed by atoms with van der Waals surface area (Å²) in [6, 6.07) is 13.0. The van der Waals surface area contributed by atoms with E-state index in [0.717, 1.165) is 11.3 Å². The van der Waals surface area contributed by atoms with Crippen LogP contribution in [-0.4, -0.2) is 109 Å². The van der Waals surface area contributed by atoms with Gasteiger partial charge in [0.2, 0.25) is 12.0 Å². The molecule has 17 heteroatoms. The third-order valence-corrected chi connectivity index (χ3v) is 9.78. The zero-order chi connectivity index (χ0) is 40.4. The maximum absolute atomic E-state index is 12.4. The number of aryl methyl sites for hydroxylation is 1. The second kappa shape index (κ2) is 16.1. The lowest BCUT2D eigenvalue weighted by Crippen LogP contribution is -2.69. The number of hydrogen-bond acceptors (Lipinski definition) is 14. The van der Waals surface area contributed by atoms with Crippen molar-refractivity contribution in [1.82, 2.24) is 0 Å². The van der Waals surface area contributed by atoms with E-state index >= 15 is 0 Å². The summed E-state index contributed by atoms with van der Waals surface area (Å²) in [6.07, 6.45) is -2.30. The van der Waals surface area contributed by atoms with Crippen molar-refractivity contribution < 1.29 is 69.6 Å². The summed E-state index contributed by atoms with van der Waals surface area (Å²) in [7, 11) is 0. The van der Waals surface area contributed by atoms with Crippen molar-refractivity contribution in [2.75, 3.05) is 13.2 Å². The molecule has 0 aliphatic carbocycles. The van der Waals surface area contributed by atoms with Crippen LogP contribution < -0.4 is 24.4 Å². The lowest BCUT2D eigenvalue weighted by Gasteiger charge is -2.46. The van der Waals surface area contributed by atoms with Gasteiger partial charge in [0.25, 0.3) is 0 Å². The van der Waals surface area contributed by atoms with E-state index in [9.17, 15) is 40.5 Å². The van der Waals surface area contributed by atoms with Gasteiger partial charge in [-0.15, -0.1) is 0 Å². The summed E-state index contributed by atoms with van der Waals surface area (Å²) in [4.78, 5) is 24.5. The number of nitrogens with two attached hydrogens (primary N) is 1. The Hall–Kier alpha value is -6.27. The van der Waals surface area contributed by atoms with E-state index in [1.54, 1.807) is 42.5 Å². The molecule has 0 bridgehead atoms. The van der Waals surface area contributed by atoms with Gasteiger partial charge in [0.05, 0.1) is 13.2 Å². The third-order valence-electron chi connectivity index (χ3n) is 9.78. The van der Waals surface area contributed by atoms with Gasteiger partial charge in [-0.3, -0.25) is 10.4 Å². The van der Waals surface area contributed by atoms with E-state index in [1.807, 2.05) is 13.0 Å². The van der Waals surface area contributed by atoms with E-state index in [0.29, 0.717) is 42.2 Å². The standard InChI is InChI=1S/C40H40N4O13/c1-2-20-11-21(13-25(45)12-20)18-54-35-30(56-39-34(48)36(49)40(52,37(57-39)38(50)51)16-24-17-42-19-43-24)15-29-32(33(35)47)27(46)14-28(55-29)22-3-6-26(7-4-22)53-10-9-23-5-8-31(41)44-23/h3-8,11-15,19,28,34,36-37,39,41,45-49,52H,2,9-10,16-18H2,1H3,(H,50,51)/p+1/t28?,34-,36+,37-,39-,40+/m1/s1. The lowest BCUT2D eigenvalue weighted by atomic mass is 9.80. The molecule has 1 unspecified atom stereocenters. The van der Waals surface area contributed by atoms with E-state index in [2.05, 4.69) is 15.0 Å². The van der Waals surface area contributed by atoms with Crippen LogP contribution in [0.5, 0.6) is 34.5 Å². The van der Waals surface area contributed by atoms with E-state index in [4.69, 9.17) is 29.1 Å². The second-order valence-electron chi connectivity index (χ2n) is 13.8. The summed E-state index contributed by atoms with van der Waals surface area (Å²) < 4.78 is 29.7. The minimum absolute atomic E-state index is 0.0189. The minimum Gasteiger partial charge on any atom is -0.508 e. The topological polar surface area (TPSA) is 267 Å². The van der Waals surface area contributed by atoms with Crippen molar-refractivity contribution >= 4 is 35.3 Å². The fourth-order valence-corrected chi connectivity index (χ4v) is 6.87. The molecule has 57 heavy (non-hydrogen) atoms. The van der Waals surface area contributed by atoms with Gasteiger partial charge in [-0.1, -0.05) is 25.1 Å². The van der Waals surface area contributed by atoms with Crippen molar-refractivity contribution in [2.45, 2.75) is 69.1 Å². The fourth-order valence-electron chi connectivity index (χ4n) is 6.87. The summed E-state index contributed by atoms with van der Waals surface area (Å²) in [6.45, 7) is 2.07. The number of hydrogen-bond donors (Lipinski definition) is 8. The van der Waals surface area contributed by atoms with Gasteiger partial charge in [0.1, 0.15) is 65.4 Å². The van der Waals surface area contributed by atoms with Gasteiger partial charge in [-0.2, -0.15) is 0 Å². The van der Waals surface area contributed by atoms with Crippen molar-refractivity contribution in [2.24, 2.45) is 15.0 Å². The van der Waals surface area contributed by atoms with Crippen molar-refractivity contribution in [3.8, 4) is 34.5 Å². The molecule has 298 valence electrons. The third kappa shape index (κ3) is 8.17. The van der Waals surface area contributed by atoms with Crippen molar-refractivity contribution in [3.63, 3.8) is 0 Å². The molecule has 0 saturated carbocycles. The Morgan fingerprint density at radius 3 is 2.49 bits per heavy atom. The van der Waals surface area contributed by atoms with Gasteiger partial charge >= 0.3 is 11.8 Å². The van der Waals surface area contributed by atoms with Crippen molar-refractivity contribution in [3.05, 3.63) is 89.0 Å². The largest absolute Gasteiger partial charge is 0.508 e. The number of carbonyl (C=O) groups is 1. The van der Waals surface area contributed by atoms with Gasteiger partial charge in [0.15, 0.2) is 23.3 Å². The van der Waals surface area contributed by atoms with Gasteiger partial charge in [-0.25, -0.2) is 9.79 Å². The summed E-state index contributed by atoms with van der Waals surface area (Å²) >= 11 is 0. The molecule has 17 nitrogen and oxygen atoms in total. The molecule has 1 saturated heterocycles. The maximum atomic E-state index is 12.4. The highest BCUT2D eigenvalue weighted by atomic mass is 16.7. The predicted octanol–water partition coefficient (Wildman–Crippen LogP) is 1.72.